The normalized spacial score (nSPS) is 10.3. The fourth-order valence-corrected chi connectivity index (χ4v) is 3.44. The second-order valence-electron chi connectivity index (χ2n) is 5.47. The lowest BCUT2D eigenvalue weighted by Crippen LogP contribution is -2.21. The zero-order chi connectivity index (χ0) is 20.8. The molecule has 0 aliphatic rings. The number of anilines is 1. The van der Waals surface area contributed by atoms with Crippen LogP contribution in [0.1, 0.15) is 32.5 Å². The molecule has 1 heterocycles. The lowest BCUT2D eigenvalue weighted by Gasteiger charge is -2.09. The van der Waals surface area contributed by atoms with Crippen LogP contribution in [0, 0.1) is 18.6 Å². The van der Waals surface area contributed by atoms with Crippen LogP contribution in [0.3, 0.4) is 0 Å². The molecule has 0 saturated heterocycles. The summed E-state index contributed by atoms with van der Waals surface area (Å²) in [5.41, 5.74) is 0.426. The highest BCUT2D eigenvalue weighted by Gasteiger charge is 2.26. The third kappa shape index (κ3) is 4.83. The molecule has 0 spiro atoms. The van der Waals surface area contributed by atoms with Crippen LogP contribution in [0.5, 0.6) is 5.75 Å². The molecule has 10 heteroatoms. The minimum absolute atomic E-state index is 0.0618. The molecule has 2 rings (SSSR count). The van der Waals surface area contributed by atoms with E-state index in [1.54, 1.807) is 13.8 Å². The van der Waals surface area contributed by atoms with Crippen LogP contribution in [0.25, 0.3) is 0 Å². The molecule has 1 aromatic heterocycles. The first kappa shape index (κ1) is 21.3. The molecule has 0 aliphatic carbocycles. The second kappa shape index (κ2) is 9.27. The first-order chi connectivity index (χ1) is 13.3. The number of amides is 2. The van der Waals surface area contributed by atoms with Crippen molar-refractivity contribution in [2.75, 3.05) is 25.6 Å². The topological polar surface area (TPSA) is 93.7 Å². The van der Waals surface area contributed by atoms with Gasteiger partial charge in [0.25, 0.3) is 11.8 Å². The molecular weight excluding hydrogens is 394 g/mol. The molecule has 2 N–H and O–H groups in total. The van der Waals surface area contributed by atoms with Crippen molar-refractivity contribution in [3.63, 3.8) is 0 Å². The molecule has 0 fully saturated rings. The van der Waals surface area contributed by atoms with Crippen LogP contribution in [-0.2, 0) is 9.53 Å². The maximum absolute atomic E-state index is 13.6. The quantitative estimate of drug-likeness (QED) is 0.682. The Bertz CT molecular complexity index is 914. The van der Waals surface area contributed by atoms with E-state index in [1.165, 1.54) is 7.05 Å². The van der Waals surface area contributed by atoms with Crippen LogP contribution < -0.4 is 15.4 Å². The molecule has 150 valence electrons. The Morgan fingerprint density at radius 2 is 1.93 bits per heavy atom. The van der Waals surface area contributed by atoms with Gasteiger partial charge in [-0.1, -0.05) is 0 Å². The zero-order valence-corrected chi connectivity index (χ0v) is 16.2. The van der Waals surface area contributed by atoms with Crippen LogP contribution in [0.4, 0.5) is 13.8 Å². The molecule has 0 bridgehead atoms. The molecule has 1 aromatic carbocycles. The van der Waals surface area contributed by atoms with Crippen molar-refractivity contribution >= 4 is 34.1 Å². The number of esters is 1. The minimum atomic E-state index is -0.950. The fraction of sp³-hybridized carbons (Fsp3) is 0.278. The van der Waals surface area contributed by atoms with Gasteiger partial charge in [-0.15, -0.1) is 11.3 Å². The summed E-state index contributed by atoms with van der Waals surface area (Å²) < 4.78 is 36.5. The summed E-state index contributed by atoms with van der Waals surface area (Å²) in [5.74, 6) is -3.82. The SMILES string of the molecule is CCOC(=O)c1c(NC(=O)COc2ccc(F)cc2F)sc(C(=O)NC)c1C. The Morgan fingerprint density at radius 1 is 1.21 bits per heavy atom. The number of rotatable bonds is 7. The van der Waals surface area contributed by atoms with E-state index in [9.17, 15) is 23.2 Å². The van der Waals surface area contributed by atoms with Gasteiger partial charge >= 0.3 is 5.97 Å². The van der Waals surface area contributed by atoms with Crippen LogP contribution in [-0.4, -0.2) is 38.0 Å². The Labute approximate surface area is 163 Å². The van der Waals surface area contributed by atoms with Gasteiger partial charge in [0, 0.05) is 13.1 Å². The predicted molar refractivity (Wildman–Crippen MR) is 98.9 cm³/mol. The monoisotopic (exact) mass is 412 g/mol. The van der Waals surface area contributed by atoms with Gasteiger partial charge in [0.15, 0.2) is 18.2 Å². The van der Waals surface area contributed by atoms with Crippen LogP contribution in [0.15, 0.2) is 18.2 Å². The molecule has 0 atom stereocenters. The average Bonchev–Trinajstić information content (AvgIpc) is 2.96. The number of thiophene rings is 1. The molecule has 0 saturated carbocycles. The largest absolute Gasteiger partial charge is 0.481 e. The molecule has 7 nitrogen and oxygen atoms in total. The number of hydrogen-bond acceptors (Lipinski definition) is 6. The smallest absolute Gasteiger partial charge is 0.341 e. The van der Waals surface area contributed by atoms with E-state index in [2.05, 4.69) is 10.6 Å². The molecule has 0 aliphatic heterocycles. The van der Waals surface area contributed by atoms with Crippen molar-refractivity contribution in [3.05, 3.63) is 45.8 Å². The van der Waals surface area contributed by atoms with Crippen LogP contribution in [0.2, 0.25) is 0 Å². The van der Waals surface area contributed by atoms with E-state index in [0.29, 0.717) is 11.6 Å². The number of benzene rings is 1. The maximum Gasteiger partial charge on any atom is 0.341 e. The first-order valence-electron chi connectivity index (χ1n) is 8.18. The van der Waals surface area contributed by atoms with Crippen molar-refractivity contribution in [3.8, 4) is 5.75 Å². The van der Waals surface area contributed by atoms with Crippen molar-refractivity contribution in [1.82, 2.24) is 5.32 Å². The molecule has 2 aromatic rings. The summed E-state index contributed by atoms with van der Waals surface area (Å²) in [4.78, 5) is 36.6. The number of hydrogen-bond donors (Lipinski definition) is 2. The van der Waals surface area contributed by atoms with Crippen molar-refractivity contribution in [2.24, 2.45) is 0 Å². The highest BCUT2D eigenvalue weighted by atomic mass is 32.1. The van der Waals surface area contributed by atoms with E-state index in [0.717, 1.165) is 23.5 Å². The summed E-state index contributed by atoms with van der Waals surface area (Å²) in [7, 11) is 1.44. The van der Waals surface area contributed by atoms with Gasteiger partial charge in [0.1, 0.15) is 10.8 Å². The number of halogens is 2. The number of ether oxygens (including phenoxy) is 2. The number of carbonyl (C=O) groups is 3. The van der Waals surface area contributed by atoms with E-state index in [1.807, 2.05) is 0 Å². The summed E-state index contributed by atoms with van der Waals surface area (Å²) >= 11 is 0.904. The van der Waals surface area contributed by atoms with Crippen molar-refractivity contribution < 1.29 is 32.6 Å². The first-order valence-corrected chi connectivity index (χ1v) is 9.00. The summed E-state index contributed by atoms with van der Waals surface area (Å²) in [6, 6.07) is 2.68. The van der Waals surface area contributed by atoms with Gasteiger partial charge < -0.3 is 20.1 Å². The van der Waals surface area contributed by atoms with Crippen molar-refractivity contribution in [1.29, 1.82) is 0 Å². The van der Waals surface area contributed by atoms with Crippen LogP contribution >= 0.6 is 11.3 Å². The summed E-state index contributed by atoms with van der Waals surface area (Å²) in [6.45, 7) is 2.72. The van der Waals surface area contributed by atoms with Gasteiger partial charge in [-0.3, -0.25) is 9.59 Å². The standard InChI is InChI=1S/C18H18F2N2O5S/c1-4-26-18(25)14-9(2)15(16(24)21-3)28-17(14)22-13(23)8-27-12-6-5-10(19)7-11(12)20/h5-7H,4,8H2,1-3H3,(H,21,24)(H,22,23). The van der Waals surface area contributed by atoms with E-state index < -0.39 is 36.0 Å². The highest BCUT2D eigenvalue weighted by Crippen LogP contribution is 2.33. The molecule has 0 unspecified atom stereocenters. The third-order valence-corrected chi connectivity index (χ3v) is 4.77. The summed E-state index contributed by atoms with van der Waals surface area (Å²) in [5, 5.41) is 5.04. The highest BCUT2D eigenvalue weighted by molar-refractivity contribution is 7.18. The Balaban J connectivity index is 2.20. The Morgan fingerprint density at radius 3 is 2.54 bits per heavy atom. The van der Waals surface area contributed by atoms with E-state index in [-0.39, 0.29) is 27.8 Å². The number of nitrogens with one attached hydrogen (secondary N) is 2. The lowest BCUT2D eigenvalue weighted by atomic mass is 10.1. The second-order valence-corrected chi connectivity index (χ2v) is 6.49. The number of carbonyl (C=O) groups excluding carboxylic acids is 3. The average molecular weight is 412 g/mol. The fourth-order valence-electron chi connectivity index (χ4n) is 2.28. The van der Waals surface area contributed by atoms with Gasteiger partial charge in [-0.2, -0.15) is 0 Å². The zero-order valence-electron chi connectivity index (χ0n) is 15.4. The maximum atomic E-state index is 13.6. The van der Waals surface area contributed by atoms with E-state index >= 15 is 0 Å². The van der Waals surface area contributed by atoms with Gasteiger partial charge in [-0.25, -0.2) is 13.6 Å². The van der Waals surface area contributed by atoms with Gasteiger partial charge in [-0.05, 0) is 31.5 Å². The lowest BCUT2D eigenvalue weighted by molar-refractivity contribution is -0.118. The van der Waals surface area contributed by atoms with Gasteiger partial charge in [0.2, 0.25) is 0 Å². The van der Waals surface area contributed by atoms with E-state index in [4.69, 9.17) is 9.47 Å². The van der Waals surface area contributed by atoms with Gasteiger partial charge in [0.05, 0.1) is 17.0 Å². The minimum Gasteiger partial charge on any atom is -0.481 e. The molecular formula is C18H18F2N2O5S. The molecule has 28 heavy (non-hydrogen) atoms. The molecule has 0 radical (unpaired) electrons. The third-order valence-electron chi connectivity index (χ3n) is 3.57. The van der Waals surface area contributed by atoms with Crippen molar-refractivity contribution in [2.45, 2.75) is 13.8 Å². The summed E-state index contributed by atoms with van der Waals surface area (Å²) in [6.07, 6.45) is 0. The molecule has 2 amide bonds. The Kier molecular flexibility index (Phi) is 7.05. The Hall–Kier alpha value is -3.01. The predicted octanol–water partition coefficient (Wildman–Crippen LogP) is 2.89.